The first kappa shape index (κ1) is 35.1. The largest absolute Gasteiger partial charge is 2.00 e. The minimum atomic E-state index is -6.72. The Morgan fingerprint density at radius 1 is 0.355 bits per heavy atom. The van der Waals surface area contributed by atoms with Crippen molar-refractivity contribution >= 4 is 40.1 Å². The van der Waals surface area contributed by atoms with Crippen LogP contribution in [0.15, 0.2) is 0 Å². The van der Waals surface area contributed by atoms with Crippen LogP contribution in [0.2, 0.25) is 0 Å². The molecule has 0 aliphatic heterocycles. The van der Waals surface area contributed by atoms with Gasteiger partial charge < -0.3 is 8.25 Å². The summed E-state index contributed by atoms with van der Waals surface area (Å²) < 4.78 is 218. The molecule has 0 aromatic heterocycles. The monoisotopic (exact) mass is 611 g/mol. The Bertz CT molecular complexity index is 862. The first-order chi connectivity index (χ1) is 12.4. The van der Waals surface area contributed by atoms with E-state index in [0.717, 1.165) is 8.25 Å². The minimum absolute atomic E-state index is 0. The fourth-order valence-electron chi connectivity index (χ4n) is 0.427. The van der Waals surface area contributed by atoms with Gasteiger partial charge in [-0.3, -0.25) is 0 Å². The summed E-state index contributed by atoms with van der Waals surface area (Å²) in [5.41, 5.74) is -24.8. The average molecular weight is 611 g/mol. The van der Waals surface area contributed by atoms with Crippen molar-refractivity contribution in [1.29, 1.82) is 0 Å². The molecule has 187 valence electrons. The Kier molecular flexibility index (Phi) is 11.0. The topological polar surface area (TPSA) is 165 Å². The second-order valence-electron chi connectivity index (χ2n) is 3.83. The fourth-order valence-corrected chi connectivity index (χ4v) is 3.85. The van der Waals surface area contributed by atoms with Crippen LogP contribution in [0.1, 0.15) is 0 Å². The van der Waals surface area contributed by atoms with Crippen LogP contribution in [0.3, 0.4) is 0 Å². The van der Waals surface area contributed by atoms with Crippen LogP contribution in [0.5, 0.6) is 0 Å². The Morgan fingerprint density at radius 2 is 0.452 bits per heavy atom. The van der Waals surface area contributed by atoms with Crippen LogP contribution < -0.4 is 0 Å². The van der Waals surface area contributed by atoms with Gasteiger partial charge >= 0.3 is 40.6 Å². The van der Waals surface area contributed by atoms with Crippen LogP contribution in [-0.2, 0) is 58.6 Å². The third-order valence-corrected chi connectivity index (χ3v) is 7.04. The van der Waals surface area contributed by atoms with E-state index in [4.69, 9.17) is 0 Å². The molecule has 0 aliphatic rings. The maximum atomic E-state index is 11.4. The summed E-state index contributed by atoms with van der Waals surface area (Å²) in [7, 11) is -26.9. The third kappa shape index (κ3) is 9.87. The van der Waals surface area contributed by atoms with E-state index >= 15 is 0 Å². The van der Waals surface area contributed by atoms with Crippen molar-refractivity contribution in [3.63, 3.8) is 0 Å². The van der Waals surface area contributed by atoms with Crippen molar-refractivity contribution in [3.8, 4) is 0 Å². The van der Waals surface area contributed by atoms with Gasteiger partial charge in [-0.15, -0.1) is 0 Å². The minimum Gasteiger partial charge on any atom is -0.421 e. The number of hydrogen-bond acceptors (Lipinski definition) is 8. The van der Waals surface area contributed by atoms with Gasteiger partial charge in [0, 0.05) is 0 Å². The zero-order valence-corrected chi connectivity index (χ0v) is 17.4. The smallest absolute Gasteiger partial charge is 0.421 e. The van der Waals surface area contributed by atoms with Crippen molar-refractivity contribution in [1.82, 2.24) is 0 Å². The van der Waals surface area contributed by atoms with Gasteiger partial charge in [0.25, 0.3) is 0 Å². The third-order valence-electron chi connectivity index (χ3n) is 1.56. The summed E-state index contributed by atoms with van der Waals surface area (Å²) in [5, 5.41) is 0. The van der Waals surface area contributed by atoms with Gasteiger partial charge in [0.05, 0.1) is 0 Å². The molecule has 0 aliphatic carbocycles. The van der Waals surface area contributed by atoms with Crippen LogP contribution >= 0.6 is 0 Å². The van der Waals surface area contributed by atoms with Gasteiger partial charge in [-0.25, -0.2) is 33.7 Å². The summed E-state index contributed by atoms with van der Waals surface area (Å²) in [4.78, 5) is 0. The maximum absolute atomic E-state index is 11.4. The first-order valence-electron chi connectivity index (χ1n) is 5.15. The molecule has 0 saturated carbocycles. The molecular weight excluding hydrogens is 611 g/mol. The summed E-state index contributed by atoms with van der Waals surface area (Å²) >= 11 is 0. The molecule has 0 aromatic carbocycles. The summed E-state index contributed by atoms with van der Waals surface area (Å²) in [6.07, 6.45) is 0. The number of alkyl halides is 12. The van der Waals surface area contributed by atoms with Crippen LogP contribution in [0.25, 0.3) is 8.25 Å². The van der Waals surface area contributed by atoms with Crippen molar-refractivity contribution < 1.29 is 105 Å². The second kappa shape index (κ2) is 9.76. The van der Waals surface area contributed by atoms with Crippen LogP contribution in [0.4, 0.5) is 52.7 Å². The number of nitrogens with zero attached hydrogens (tertiary/aromatic N) is 2. The zero-order chi connectivity index (χ0) is 25.4. The van der Waals surface area contributed by atoms with E-state index in [2.05, 4.69) is 0 Å². The predicted molar refractivity (Wildman–Crippen MR) is 66.6 cm³/mol. The Labute approximate surface area is 175 Å². The predicted octanol–water partition coefficient (Wildman–Crippen LogP) is 2.12. The van der Waals surface area contributed by atoms with E-state index in [-0.39, 0.29) is 18.6 Å². The zero-order valence-electron chi connectivity index (χ0n) is 12.8. The molecule has 0 amide bonds. The molecule has 0 unspecified atom stereocenters. The summed E-state index contributed by atoms with van der Waals surface area (Å²) in [6, 6.07) is 0. The van der Waals surface area contributed by atoms with Crippen LogP contribution in [-0.4, -0.2) is 55.7 Å². The SMILES string of the molecule is O=S(=O)([N-]S(=O)(=O)C(F)(F)F)C(F)(F)F.O=S(=O)([N-]S(=O)(=O)C(F)(F)F)C(F)(F)F.[V+2]. The molecule has 0 rings (SSSR count). The second-order valence-corrected chi connectivity index (χ2v) is 10.7. The number of rotatable bonds is 4. The Morgan fingerprint density at radius 3 is 0.516 bits per heavy atom. The standard InChI is InChI=1S/2C2F6NO4S2.V/c2*3-1(4,5)14(10,11)9-15(12,13)2(6,7)8;/q2*-1;+2. The quantitative estimate of drug-likeness (QED) is 0.437. The number of sulfonamides is 4. The molecule has 0 fully saturated rings. The molecule has 0 spiro atoms. The van der Waals surface area contributed by atoms with Gasteiger partial charge in [0.15, 0.2) is 40.1 Å². The Hall–Kier alpha value is -0.536. The normalized spacial score (nSPS) is 14.8. The molecular formula is C4F12N2O8S4V. The van der Waals surface area contributed by atoms with Crippen molar-refractivity contribution in [2.75, 3.05) is 0 Å². The maximum Gasteiger partial charge on any atom is 2.00 e. The van der Waals surface area contributed by atoms with E-state index in [1.165, 1.54) is 0 Å². The van der Waals surface area contributed by atoms with E-state index in [9.17, 15) is 86.4 Å². The summed E-state index contributed by atoms with van der Waals surface area (Å²) in [6.45, 7) is 0. The van der Waals surface area contributed by atoms with Crippen molar-refractivity contribution in [3.05, 3.63) is 8.25 Å². The molecule has 10 nitrogen and oxygen atoms in total. The molecule has 0 heterocycles. The average Bonchev–Trinajstić information content (AvgIpc) is 2.30. The molecule has 1 radical (unpaired) electrons. The molecule has 0 N–H and O–H groups in total. The molecule has 0 atom stereocenters. The molecule has 31 heavy (non-hydrogen) atoms. The van der Waals surface area contributed by atoms with Gasteiger partial charge in [0.2, 0.25) is 0 Å². The Balaban J connectivity index is -0.000000490. The van der Waals surface area contributed by atoms with E-state index in [0.29, 0.717) is 0 Å². The van der Waals surface area contributed by atoms with E-state index in [1.807, 2.05) is 0 Å². The molecule has 0 saturated heterocycles. The first-order valence-corrected chi connectivity index (χ1v) is 10.9. The van der Waals surface area contributed by atoms with Crippen LogP contribution in [0, 0.1) is 0 Å². The van der Waals surface area contributed by atoms with Gasteiger partial charge in [-0.05, 0) is 0 Å². The van der Waals surface area contributed by atoms with Crippen molar-refractivity contribution in [2.45, 2.75) is 22.0 Å². The summed E-state index contributed by atoms with van der Waals surface area (Å²) in [5.74, 6) is 0. The van der Waals surface area contributed by atoms with Gasteiger partial charge in [-0.2, -0.15) is 52.7 Å². The molecule has 27 heteroatoms. The van der Waals surface area contributed by atoms with Crippen molar-refractivity contribution in [2.24, 2.45) is 0 Å². The number of halogens is 12. The fraction of sp³-hybridized carbons (Fsp3) is 1.00. The van der Waals surface area contributed by atoms with Gasteiger partial charge in [0.1, 0.15) is 0 Å². The number of hydrogen-bond donors (Lipinski definition) is 0. The van der Waals surface area contributed by atoms with Gasteiger partial charge in [-0.1, -0.05) is 0 Å². The van der Waals surface area contributed by atoms with E-state index in [1.54, 1.807) is 0 Å². The molecule has 0 aromatic rings. The van der Waals surface area contributed by atoms with E-state index < -0.39 is 62.1 Å². The molecule has 0 bridgehead atoms.